The summed E-state index contributed by atoms with van der Waals surface area (Å²) >= 11 is 5.50. The van der Waals surface area contributed by atoms with E-state index < -0.39 is 5.82 Å². The summed E-state index contributed by atoms with van der Waals surface area (Å²) in [5.74, 6) is 0.621. The summed E-state index contributed by atoms with van der Waals surface area (Å²) in [5.41, 5.74) is 0. The minimum atomic E-state index is -0.677. The van der Waals surface area contributed by atoms with Crippen LogP contribution < -0.4 is 5.82 Å². The molecule has 0 aliphatic carbocycles. The van der Waals surface area contributed by atoms with Gasteiger partial charge in [-0.15, -0.1) is 11.6 Å². The second-order valence-electron chi connectivity index (χ2n) is 2.53. The van der Waals surface area contributed by atoms with Crippen LogP contribution in [0.3, 0.4) is 0 Å². The lowest BCUT2D eigenvalue weighted by Gasteiger charge is -1.97. The molecule has 1 aromatic heterocycles. The van der Waals surface area contributed by atoms with Crippen molar-refractivity contribution in [3.05, 3.63) is 22.1 Å². The van der Waals surface area contributed by atoms with E-state index in [4.69, 9.17) is 16.0 Å². The summed E-state index contributed by atoms with van der Waals surface area (Å²) in [4.78, 5) is 10.6. The van der Waals surface area contributed by atoms with Crippen molar-refractivity contribution in [2.75, 3.05) is 0 Å². The Kier molecular flexibility index (Phi) is 2.39. The largest absolute Gasteiger partial charge is 0.519 e. The molecule has 0 saturated heterocycles. The quantitative estimate of drug-likeness (QED) is 0.649. The van der Waals surface area contributed by atoms with Crippen LogP contribution in [0.25, 0.3) is 0 Å². The lowest BCUT2D eigenvalue weighted by molar-refractivity contribution is 0.364. The van der Waals surface area contributed by atoms with Crippen LogP contribution in [0.2, 0.25) is 0 Å². The third-order valence-electron chi connectivity index (χ3n) is 1.32. The molecule has 0 aliphatic rings. The second-order valence-corrected chi connectivity index (χ2v) is 2.80. The lowest BCUT2D eigenvalue weighted by Crippen LogP contribution is -1.89. The zero-order chi connectivity index (χ0) is 8.43. The van der Waals surface area contributed by atoms with Crippen molar-refractivity contribution in [2.45, 2.75) is 25.6 Å². The highest BCUT2D eigenvalue weighted by Gasteiger charge is 2.14. The van der Waals surface area contributed by atoms with E-state index in [1.807, 2.05) is 13.8 Å². The number of alkyl halides is 1. The Morgan fingerprint density at radius 1 is 1.45 bits per heavy atom. The Labute approximate surface area is 69.0 Å². The number of halogens is 1. The summed E-state index contributed by atoms with van der Waals surface area (Å²) in [5, 5.41) is 0. The molecule has 0 aliphatic heterocycles. The van der Waals surface area contributed by atoms with Gasteiger partial charge in [-0.1, -0.05) is 13.8 Å². The molecule has 1 heterocycles. The Morgan fingerprint density at radius 3 is 2.45 bits per heavy atom. The number of hydrogen-bond acceptors (Lipinski definition) is 3. The van der Waals surface area contributed by atoms with E-state index in [1.165, 1.54) is 0 Å². The van der Waals surface area contributed by atoms with Crippen LogP contribution in [0, 0.1) is 0 Å². The first-order chi connectivity index (χ1) is 5.15. The van der Waals surface area contributed by atoms with Crippen molar-refractivity contribution in [3.8, 4) is 0 Å². The molecular weight excluding hydrogens is 168 g/mol. The second kappa shape index (κ2) is 3.13. The molecule has 62 valence electrons. The van der Waals surface area contributed by atoms with Crippen LogP contribution in [0.1, 0.15) is 31.3 Å². The molecule has 1 aromatic rings. The van der Waals surface area contributed by atoms with Gasteiger partial charge in [0.15, 0.2) is 11.5 Å². The van der Waals surface area contributed by atoms with Crippen molar-refractivity contribution in [1.29, 1.82) is 0 Å². The van der Waals surface area contributed by atoms with Crippen molar-refractivity contribution in [2.24, 2.45) is 0 Å². The average molecular weight is 177 g/mol. The first-order valence-electron chi connectivity index (χ1n) is 3.33. The summed E-state index contributed by atoms with van der Waals surface area (Å²) < 4.78 is 9.43. The maximum absolute atomic E-state index is 10.6. The van der Waals surface area contributed by atoms with E-state index >= 15 is 0 Å². The van der Waals surface area contributed by atoms with Crippen molar-refractivity contribution in [3.63, 3.8) is 0 Å². The maximum Gasteiger partial charge on any atom is 0.519 e. The third-order valence-corrected chi connectivity index (χ3v) is 1.56. The molecule has 4 heteroatoms. The number of rotatable bonds is 2. The van der Waals surface area contributed by atoms with Gasteiger partial charge in [0.2, 0.25) is 0 Å². The van der Waals surface area contributed by atoms with Crippen LogP contribution >= 0.6 is 11.6 Å². The standard InChI is InChI=1S/C7H9ClO3/c1-4(2)6-5(3-8)10-7(9)11-6/h4H,3H2,1-2H3. The van der Waals surface area contributed by atoms with Gasteiger partial charge in [0.05, 0.1) is 5.88 Å². The first kappa shape index (κ1) is 8.40. The first-order valence-corrected chi connectivity index (χ1v) is 3.87. The molecule has 0 aromatic carbocycles. The zero-order valence-electron chi connectivity index (χ0n) is 6.39. The highest BCUT2D eigenvalue weighted by molar-refractivity contribution is 6.16. The number of hydrogen-bond donors (Lipinski definition) is 0. The van der Waals surface area contributed by atoms with Crippen molar-refractivity contribution < 1.29 is 8.83 Å². The van der Waals surface area contributed by atoms with Crippen LogP contribution in [-0.4, -0.2) is 0 Å². The normalized spacial score (nSPS) is 10.9. The fourth-order valence-electron chi connectivity index (χ4n) is 0.851. The van der Waals surface area contributed by atoms with Crippen LogP contribution in [0.5, 0.6) is 0 Å². The molecule has 0 unspecified atom stereocenters. The summed E-state index contributed by atoms with van der Waals surface area (Å²) in [6, 6.07) is 0. The van der Waals surface area contributed by atoms with Gasteiger partial charge in [-0.25, -0.2) is 4.79 Å². The zero-order valence-corrected chi connectivity index (χ0v) is 7.14. The van der Waals surface area contributed by atoms with E-state index in [0.717, 1.165) is 0 Å². The summed E-state index contributed by atoms with van der Waals surface area (Å²) in [7, 11) is 0. The Morgan fingerprint density at radius 2 is 2.09 bits per heavy atom. The van der Waals surface area contributed by atoms with Crippen LogP contribution in [0.4, 0.5) is 0 Å². The predicted molar refractivity (Wildman–Crippen MR) is 40.9 cm³/mol. The molecule has 11 heavy (non-hydrogen) atoms. The molecule has 1 rings (SSSR count). The predicted octanol–water partition coefficient (Wildman–Crippen LogP) is 2.10. The van der Waals surface area contributed by atoms with E-state index in [2.05, 4.69) is 4.42 Å². The molecular formula is C7H9ClO3. The third kappa shape index (κ3) is 1.66. The molecule has 0 N–H and O–H groups in total. The van der Waals surface area contributed by atoms with E-state index in [1.54, 1.807) is 0 Å². The average Bonchev–Trinajstić information content (AvgIpc) is 2.30. The van der Waals surface area contributed by atoms with E-state index in [9.17, 15) is 4.79 Å². The molecule has 0 fully saturated rings. The van der Waals surface area contributed by atoms with Gasteiger partial charge in [0.25, 0.3) is 0 Å². The molecule has 0 spiro atoms. The van der Waals surface area contributed by atoms with Crippen molar-refractivity contribution in [1.82, 2.24) is 0 Å². The molecule has 0 amide bonds. The van der Waals surface area contributed by atoms with E-state index in [-0.39, 0.29) is 11.8 Å². The smallest absolute Gasteiger partial charge is 0.395 e. The molecule has 0 radical (unpaired) electrons. The van der Waals surface area contributed by atoms with Gasteiger partial charge in [-0.3, -0.25) is 0 Å². The lowest BCUT2D eigenvalue weighted by atomic mass is 10.1. The SMILES string of the molecule is CC(C)c1oc(=O)oc1CCl. The van der Waals surface area contributed by atoms with Gasteiger partial charge in [0, 0.05) is 5.92 Å². The van der Waals surface area contributed by atoms with Gasteiger partial charge >= 0.3 is 5.82 Å². The van der Waals surface area contributed by atoms with Gasteiger partial charge in [0.1, 0.15) is 0 Å². The van der Waals surface area contributed by atoms with Crippen LogP contribution in [-0.2, 0) is 5.88 Å². The monoisotopic (exact) mass is 176 g/mol. The molecule has 0 bridgehead atoms. The fraction of sp³-hybridized carbons (Fsp3) is 0.571. The fourth-order valence-corrected chi connectivity index (χ4v) is 1.04. The molecule has 0 atom stereocenters. The topological polar surface area (TPSA) is 43.4 Å². The van der Waals surface area contributed by atoms with E-state index in [0.29, 0.717) is 11.5 Å². The highest BCUT2D eigenvalue weighted by atomic mass is 35.5. The van der Waals surface area contributed by atoms with Gasteiger partial charge < -0.3 is 8.83 Å². The van der Waals surface area contributed by atoms with Gasteiger partial charge in [-0.05, 0) is 0 Å². The Bertz CT molecular complexity index is 284. The molecule has 3 nitrogen and oxygen atoms in total. The van der Waals surface area contributed by atoms with Crippen LogP contribution in [0.15, 0.2) is 13.6 Å². The maximum atomic E-state index is 10.6. The van der Waals surface area contributed by atoms with Crippen molar-refractivity contribution >= 4 is 11.6 Å². The summed E-state index contributed by atoms with van der Waals surface area (Å²) in [6.45, 7) is 3.81. The molecule has 0 saturated carbocycles. The van der Waals surface area contributed by atoms with Gasteiger partial charge in [-0.2, -0.15) is 0 Å². The minimum Gasteiger partial charge on any atom is -0.395 e. The minimum absolute atomic E-state index is 0.134. The highest BCUT2D eigenvalue weighted by Crippen LogP contribution is 2.19. The Hall–Kier alpha value is -0.700. The Balaban J connectivity index is 3.12. The summed E-state index contributed by atoms with van der Waals surface area (Å²) in [6.07, 6.45) is 0.